The third-order valence-electron chi connectivity index (χ3n) is 9.15. The van der Waals surface area contributed by atoms with E-state index in [0.717, 1.165) is 0 Å². The third kappa shape index (κ3) is 31.0. The van der Waals surface area contributed by atoms with Crippen LogP contribution in [-0.2, 0) is 9.59 Å². The Morgan fingerprint density at radius 3 is 0.957 bits per heavy atom. The van der Waals surface area contributed by atoms with Gasteiger partial charge in [-0.25, -0.2) is 9.59 Å². The fraction of sp³-hybridized carbons (Fsp3) is 0.805. The summed E-state index contributed by atoms with van der Waals surface area (Å²) in [6.45, 7) is 7.09. The molecule has 0 bridgehead atoms. The number of carboxylic acid groups (broad SMARTS) is 2. The Hall–Kier alpha value is -2.08. The van der Waals surface area contributed by atoms with Gasteiger partial charge in [-0.3, -0.25) is 0 Å². The molecule has 0 saturated heterocycles. The van der Waals surface area contributed by atoms with E-state index in [1.54, 1.807) is 0 Å². The second-order valence-corrected chi connectivity index (χ2v) is 13.6. The van der Waals surface area contributed by atoms with Gasteiger partial charge in [0.25, 0.3) is 0 Å². The van der Waals surface area contributed by atoms with E-state index in [1.807, 2.05) is 0 Å². The van der Waals surface area contributed by atoms with E-state index >= 15 is 0 Å². The molecule has 1 rings (SSSR count). The van der Waals surface area contributed by atoms with Gasteiger partial charge in [-0.1, -0.05) is 199 Å². The average molecular weight is 662 g/mol. The second kappa shape index (κ2) is 35.2. The van der Waals surface area contributed by atoms with Gasteiger partial charge in [-0.15, -0.1) is 0 Å². The number of aliphatic hydroxyl groups is 1. The molecule has 0 radical (unpaired) electrons. The van der Waals surface area contributed by atoms with E-state index < -0.39 is 18.0 Å². The number of hydrogen-bond donors (Lipinski definition) is 3. The van der Waals surface area contributed by atoms with E-state index in [4.69, 9.17) is 15.3 Å². The van der Waals surface area contributed by atoms with Crippen LogP contribution in [0.15, 0.2) is 30.3 Å². The molecule has 1 aromatic carbocycles. The SMILES string of the molecule is CCCCCCCCCCCCCCCCN(CCCCCCCCCCCCCCCC)c1ccccc1.O=C(O)C(O)C(=O)O. The van der Waals surface area contributed by atoms with Gasteiger partial charge in [0, 0.05) is 18.8 Å². The minimum atomic E-state index is -2.30. The maximum atomic E-state index is 9.51. The lowest BCUT2D eigenvalue weighted by molar-refractivity contribution is -0.161. The van der Waals surface area contributed by atoms with Crippen molar-refractivity contribution in [2.45, 2.75) is 200 Å². The smallest absolute Gasteiger partial charge is 0.344 e. The summed E-state index contributed by atoms with van der Waals surface area (Å²) in [5.74, 6) is -3.50. The highest BCUT2D eigenvalue weighted by Gasteiger charge is 2.20. The summed E-state index contributed by atoms with van der Waals surface area (Å²) in [7, 11) is 0. The van der Waals surface area contributed by atoms with Gasteiger partial charge in [0.1, 0.15) is 0 Å². The van der Waals surface area contributed by atoms with Crippen LogP contribution in [-0.4, -0.2) is 46.5 Å². The monoisotopic (exact) mass is 662 g/mol. The summed E-state index contributed by atoms with van der Waals surface area (Å²) in [5, 5.41) is 23.4. The van der Waals surface area contributed by atoms with E-state index in [0.29, 0.717) is 0 Å². The number of aliphatic carboxylic acids is 2. The molecule has 0 aliphatic heterocycles. The number of carboxylic acids is 2. The first-order valence-electron chi connectivity index (χ1n) is 19.9. The summed E-state index contributed by atoms with van der Waals surface area (Å²) >= 11 is 0. The van der Waals surface area contributed by atoms with Crippen LogP contribution in [0.4, 0.5) is 5.69 Å². The number of rotatable bonds is 33. The topological polar surface area (TPSA) is 98.1 Å². The van der Waals surface area contributed by atoms with E-state index in [1.165, 1.54) is 199 Å². The number of anilines is 1. The van der Waals surface area contributed by atoms with Crippen molar-refractivity contribution >= 4 is 17.6 Å². The lowest BCUT2D eigenvalue weighted by Gasteiger charge is -2.25. The molecule has 1 aromatic rings. The summed E-state index contributed by atoms with van der Waals surface area (Å²) < 4.78 is 0. The quantitative estimate of drug-likeness (QED) is 0.0512. The van der Waals surface area contributed by atoms with Crippen LogP contribution in [0.5, 0.6) is 0 Å². The van der Waals surface area contributed by atoms with Crippen molar-refractivity contribution in [1.29, 1.82) is 0 Å². The number of unbranched alkanes of at least 4 members (excludes halogenated alkanes) is 26. The molecule has 0 aliphatic rings. The predicted molar refractivity (Wildman–Crippen MR) is 201 cm³/mol. The molecular formula is C41H75NO5. The van der Waals surface area contributed by atoms with Crippen molar-refractivity contribution in [2.75, 3.05) is 18.0 Å². The van der Waals surface area contributed by atoms with Gasteiger partial charge in [0.05, 0.1) is 0 Å². The Bertz CT molecular complexity index is 756. The molecule has 0 aliphatic carbocycles. The zero-order valence-electron chi connectivity index (χ0n) is 30.8. The zero-order chi connectivity index (χ0) is 34.6. The fourth-order valence-corrected chi connectivity index (χ4v) is 6.11. The van der Waals surface area contributed by atoms with Gasteiger partial charge in [-0.05, 0) is 25.0 Å². The van der Waals surface area contributed by atoms with Crippen molar-refractivity contribution in [3.63, 3.8) is 0 Å². The molecule has 0 amide bonds. The number of nitrogens with zero attached hydrogens (tertiary/aromatic N) is 1. The van der Waals surface area contributed by atoms with Gasteiger partial charge in [0.2, 0.25) is 6.10 Å². The Kier molecular flexibility index (Phi) is 33.7. The van der Waals surface area contributed by atoms with Crippen molar-refractivity contribution in [1.82, 2.24) is 0 Å². The van der Waals surface area contributed by atoms with Crippen molar-refractivity contribution in [3.8, 4) is 0 Å². The van der Waals surface area contributed by atoms with Gasteiger partial charge in [-0.2, -0.15) is 0 Å². The number of aliphatic hydroxyl groups excluding tert-OH is 1. The third-order valence-corrected chi connectivity index (χ3v) is 9.15. The maximum Gasteiger partial charge on any atom is 0.344 e. The first-order chi connectivity index (χ1) is 22.9. The van der Waals surface area contributed by atoms with Crippen LogP contribution in [0.3, 0.4) is 0 Å². The average Bonchev–Trinajstić information content (AvgIpc) is 3.07. The molecule has 0 fully saturated rings. The van der Waals surface area contributed by atoms with E-state index in [2.05, 4.69) is 49.1 Å². The van der Waals surface area contributed by atoms with Crippen LogP contribution < -0.4 is 4.90 Å². The first-order valence-corrected chi connectivity index (χ1v) is 19.9. The molecule has 0 aromatic heterocycles. The molecule has 0 spiro atoms. The maximum absolute atomic E-state index is 9.51. The standard InChI is InChI=1S/C38H71N.C3H4O5/c1-3-5-7-9-11-13-15-17-19-21-23-25-27-32-36-39(38-34-30-29-31-35-38)37-33-28-26-24-22-20-18-16-14-12-10-8-6-4-2;4-1(2(5)6)3(7)8/h29-31,34-35H,3-28,32-33,36-37H2,1-2H3;1,4H,(H,5,6)(H,7,8). The summed E-state index contributed by atoms with van der Waals surface area (Å²) in [5.41, 5.74) is 1.43. The normalized spacial score (nSPS) is 11.0. The van der Waals surface area contributed by atoms with Crippen LogP contribution in [0.2, 0.25) is 0 Å². The highest BCUT2D eigenvalue weighted by atomic mass is 16.4. The fourth-order valence-electron chi connectivity index (χ4n) is 6.11. The van der Waals surface area contributed by atoms with Crippen LogP contribution >= 0.6 is 0 Å². The van der Waals surface area contributed by atoms with Crippen LogP contribution in [0.1, 0.15) is 194 Å². The molecule has 274 valence electrons. The Labute approximate surface area is 290 Å². The molecule has 0 saturated carbocycles. The summed E-state index contributed by atoms with van der Waals surface area (Å²) in [6.07, 6.45) is 38.0. The molecule has 3 N–H and O–H groups in total. The number of para-hydroxylation sites is 1. The lowest BCUT2D eigenvalue weighted by atomic mass is 10.0. The minimum absolute atomic E-state index is 1.24. The van der Waals surface area contributed by atoms with Crippen LogP contribution in [0.25, 0.3) is 0 Å². The van der Waals surface area contributed by atoms with Crippen LogP contribution in [0, 0.1) is 0 Å². The molecule has 0 unspecified atom stereocenters. The molecule has 47 heavy (non-hydrogen) atoms. The Morgan fingerprint density at radius 2 is 0.723 bits per heavy atom. The second-order valence-electron chi connectivity index (χ2n) is 13.6. The van der Waals surface area contributed by atoms with Gasteiger partial charge in [0.15, 0.2) is 0 Å². The molecule has 0 atom stereocenters. The largest absolute Gasteiger partial charge is 0.479 e. The molecule has 6 nitrogen and oxygen atoms in total. The van der Waals surface area contributed by atoms with Gasteiger partial charge < -0.3 is 20.2 Å². The highest BCUT2D eigenvalue weighted by Crippen LogP contribution is 2.18. The minimum Gasteiger partial charge on any atom is -0.479 e. The van der Waals surface area contributed by atoms with E-state index in [-0.39, 0.29) is 0 Å². The Morgan fingerprint density at radius 1 is 0.468 bits per heavy atom. The molecule has 6 heteroatoms. The van der Waals surface area contributed by atoms with Crippen molar-refractivity contribution < 1.29 is 24.9 Å². The van der Waals surface area contributed by atoms with E-state index in [9.17, 15) is 9.59 Å². The molecular weight excluding hydrogens is 586 g/mol. The highest BCUT2D eigenvalue weighted by molar-refractivity contribution is 5.95. The zero-order valence-corrected chi connectivity index (χ0v) is 30.8. The first kappa shape index (κ1) is 44.9. The number of carbonyl (C=O) groups is 2. The van der Waals surface area contributed by atoms with Crippen molar-refractivity contribution in [2.24, 2.45) is 0 Å². The predicted octanol–water partition coefficient (Wildman–Crippen LogP) is 12.0. The lowest BCUT2D eigenvalue weighted by Crippen LogP contribution is -2.28. The van der Waals surface area contributed by atoms with Crippen molar-refractivity contribution in [3.05, 3.63) is 30.3 Å². The van der Waals surface area contributed by atoms with Gasteiger partial charge >= 0.3 is 11.9 Å². The Balaban J connectivity index is 0.00000233. The molecule has 0 heterocycles. The number of hydrogen-bond acceptors (Lipinski definition) is 4. The number of benzene rings is 1. The summed E-state index contributed by atoms with van der Waals surface area (Å²) in [4.78, 5) is 21.7. The summed E-state index contributed by atoms with van der Waals surface area (Å²) in [6, 6.07) is 11.2.